The molecule has 5 atom stereocenters. The van der Waals surface area contributed by atoms with Crippen LogP contribution in [0.15, 0.2) is 18.3 Å². The fourth-order valence-electron chi connectivity index (χ4n) is 6.95. The van der Waals surface area contributed by atoms with Crippen molar-refractivity contribution in [3.05, 3.63) is 39.9 Å². The Morgan fingerprint density at radius 1 is 1.36 bits per heavy atom. The molecular formula is C27H36N2O3S. The van der Waals surface area contributed by atoms with Gasteiger partial charge in [0.25, 0.3) is 0 Å². The van der Waals surface area contributed by atoms with Gasteiger partial charge in [0.2, 0.25) is 5.91 Å². The van der Waals surface area contributed by atoms with Crippen molar-refractivity contribution in [2.75, 3.05) is 11.9 Å². The number of aromatic nitrogens is 1. The van der Waals surface area contributed by atoms with Crippen molar-refractivity contribution in [3.8, 4) is 5.75 Å². The molecule has 0 radical (unpaired) electrons. The summed E-state index contributed by atoms with van der Waals surface area (Å²) in [6.07, 6.45) is 9.61. The molecular weight excluding hydrogens is 432 g/mol. The van der Waals surface area contributed by atoms with Gasteiger partial charge in [-0.1, -0.05) is 13.0 Å². The van der Waals surface area contributed by atoms with E-state index in [0.29, 0.717) is 41.0 Å². The maximum atomic E-state index is 12.4. The molecule has 2 aliphatic carbocycles. The van der Waals surface area contributed by atoms with Crippen molar-refractivity contribution in [2.45, 2.75) is 83.7 Å². The van der Waals surface area contributed by atoms with Crippen LogP contribution in [0.1, 0.15) is 79.9 Å². The van der Waals surface area contributed by atoms with Gasteiger partial charge in [-0.3, -0.25) is 4.79 Å². The Balaban J connectivity index is 1.26. The van der Waals surface area contributed by atoms with Crippen molar-refractivity contribution in [3.63, 3.8) is 0 Å². The summed E-state index contributed by atoms with van der Waals surface area (Å²) in [4.78, 5) is 17.7. The summed E-state index contributed by atoms with van der Waals surface area (Å²) >= 11 is 1.52. The van der Waals surface area contributed by atoms with Crippen molar-refractivity contribution in [1.29, 1.82) is 0 Å². The molecule has 0 spiro atoms. The molecule has 5 nitrogen and oxygen atoms in total. The molecule has 5 rings (SSSR count). The molecule has 2 fully saturated rings. The molecule has 1 aromatic carbocycles. The van der Waals surface area contributed by atoms with Crippen LogP contribution in [-0.2, 0) is 22.4 Å². The normalized spacial score (nSPS) is 30.4. The zero-order valence-electron chi connectivity index (χ0n) is 20.0. The number of benzene rings is 1. The van der Waals surface area contributed by atoms with E-state index in [-0.39, 0.29) is 11.5 Å². The van der Waals surface area contributed by atoms with Crippen molar-refractivity contribution in [1.82, 2.24) is 4.98 Å². The number of fused-ring (bicyclic) bond motifs is 5. The van der Waals surface area contributed by atoms with Crippen LogP contribution in [0, 0.1) is 24.7 Å². The first kappa shape index (κ1) is 22.9. The van der Waals surface area contributed by atoms with Crippen molar-refractivity contribution < 1.29 is 14.6 Å². The molecule has 2 N–H and O–H groups in total. The van der Waals surface area contributed by atoms with Gasteiger partial charge in [0.05, 0.1) is 12.2 Å². The molecule has 1 saturated heterocycles. The summed E-state index contributed by atoms with van der Waals surface area (Å²) < 4.78 is 6.47. The number of nitrogens with zero attached hydrogens (tertiary/aromatic N) is 1. The lowest BCUT2D eigenvalue weighted by molar-refractivity contribution is -0.116. The first-order valence-electron chi connectivity index (χ1n) is 12.6. The van der Waals surface area contributed by atoms with Crippen LogP contribution in [0.5, 0.6) is 5.75 Å². The third-order valence-corrected chi connectivity index (χ3v) is 9.31. The summed E-state index contributed by atoms with van der Waals surface area (Å²) in [7, 11) is 0. The van der Waals surface area contributed by atoms with Gasteiger partial charge < -0.3 is 15.2 Å². The highest BCUT2D eigenvalue weighted by Crippen LogP contribution is 2.58. The maximum Gasteiger partial charge on any atom is 0.226 e. The summed E-state index contributed by atoms with van der Waals surface area (Å²) in [5, 5.41) is 14.0. The van der Waals surface area contributed by atoms with E-state index in [1.165, 1.54) is 35.3 Å². The smallest absolute Gasteiger partial charge is 0.226 e. The minimum absolute atomic E-state index is 0.0332. The Labute approximate surface area is 201 Å². The molecule has 6 heteroatoms. The van der Waals surface area contributed by atoms with Gasteiger partial charge in [0, 0.05) is 17.5 Å². The van der Waals surface area contributed by atoms with Gasteiger partial charge in [0.15, 0.2) is 5.13 Å². The highest BCUT2D eigenvalue weighted by atomic mass is 32.1. The largest absolute Gasteiger partial charge is 0.508 e. The maximum absolute atomic E-state index is 12.4. The van der Waals surface area contributed by atoms with Crippen LogP contribution in [0.3, 0.4) is 0 Å². The quantitative estimate of drug-likeness (QED) is 0.546. The molecule has 2 aromatic rings. The zero-order chi connectivity index (χ0) is 23.2. The van der Waals surface area contributed by atoms with Crippen LogP contribution < -0.4 is 5.32 Å². The monoisotopic (exact) mass is 468 g/mol. The van der Waals surface area contributed by atoms with E-state index in [9.17, 15) is 9.90 Å². The van der Waals surface area contributed by atoms with E-state index >= 15 is 0 Å². The Morgan fingerprint density at radius 3 is 2.97 bits per heavy atom. The summed E-state index contributed by atoms with van der Waals surface area (Å²) in [5.74, 6) is 2.79. The Bertz CT molecular complexity index is 1030. The average Bonchev–Trinajstić information content (AvgIpc) is 3.35. The number of phenols is 1. The van der Waals surface area contributed by atoms with Crippen molar-refractivity contribution >= 4 is 22.4 Å². The zero-order valence-corrected chi connectivity index (χ0v) is 20.8. The van der Waals surface area contributed by atoms with Gasteiger partial charge in [-0.15, -0.1) is 11.3 Å². The Hall–Kier alpha value is -1.92. The summed E-state index contributed by atoms with van der Waals surface area (Å²) in [5.41, 5.74) is 3.86. The fraction of sp³-hybridized carbons (Fsp3) is 0.630. The van der Waals surface area contributed by atoms with Crippen LogP contribution in [0.2, 0.25) is 0 Å². The van der Waals surface area contributed by atoms with E-state index in [2.05, 4.69) is 30.2 Å². The predicted octanol–water partition coefficient (Wildman–Crippen LogP) is 5.99. The van der Waals surface area contributed by atoms with E-state index in [1.54, 1.807) is 6.20 Å². The number of nitrogens with one attached hydrogen (secondary N) is 1. The van der Waals surface area contributed by atoms with Gasteiger partial charge >= 0.3 is 0 Å². The SMILES string of the molecule is CCc1cc2c(cc1O)CCC1C2CC[C@]2(C)OC[C@@H](CCCC(=O)Nc3ncc(C)s3)C12. The number of hydrogen-bond donors (Lipinski definition) is 2. The number of ether oxygens (including phenoxy) is 1. The summed E-state index contributed by atoms with van der Waals surface area (Å²) in [6.45, 7) is 7.26. The molecule has 178 valence electrons. The number of aromatic hydroxyl groups is 1. The van der Waals surface area contributed by atoms with Crippen LogP contribution in [-0.4, -0.2) is 28.2 Å². The second-order valence-corrected chi connectivity index (χ2v) is 11.7. The number of rotatable bonds is 6. The standard InChI is InChI=1S/C27H36N2O3S/c1-4-17-12-22-18(13-23(17)30)8-9-21-20(22)10-11-27(3)25(21)19(15-32-27)6-5-7-24(31)29-26-28-14-16(2)33-26/h12-14,19-21,25,30H,4-11,15H2,1-3H3,(H,28,29,31)/t19-,20?,21?,25?,27+/m1/s1. The summed E-state index contributed by atoms with van der Waals surface area (Å²) in [6, 6.07) is 4.32. The second kappa shape index (κ2) is 9.03. The lowest BCUT2D eigenvalue weighted by Crippen LogP contribution is -2.46. The van der Waals surface area contributed by atoms with Gasteiger partial charge in [-0.05, 0) is 105 Å². The number of amides is 1. The highest BCUT2D eigenvalue weighted by molar-refractivity contribution is 7.15. The molecule has 3 aliphatic rings. The van der Waals surface area contributed by atoms with Gasteiger partial charge in [-0.25, -0.2) is 4.98 Å². The number of carbonyl (C=O) groups is 1. The molecule has 1 amide bonds. The minimum atomic E-state index is -0.0332. The van der Waals surface area contributed by atoms with Gasteiger partial charge in [0.1, 0.15) is 5.75 Å². The van der Waals surface area contributed by atoms with E-state index in [4.69, 9.17) is 4.74 Å². The van der Waals surface area contributed by atoms with E-state index in [0.717, 1.165) is 49.2 Å². The predicted molar refractivity (Wildman–Crippen MR) is 132 cm³/mol. The molecule has 0 bridgehead atoms. The molecule has 3 unspecified atom stereocenters. The lowest BCUT2D eigenvalue weighted by atomic mass is 9.56. The second-order valence-electron chi connectivity index (χ2n) is 10.5. The van der Waals surface area contributed by atoms with Crippen LogP contribution >= 0.6 is 11.3 Å². The minimum Gasteiger partial charge on any atom is -0.508 e. The number of hydrogen-bond acceptors (Lipinski definition) is 5. The fourth-order valence-corrected chi connectivity index (χ4v) is 7.64. The Morgan fingerprint density at radius 2 is 2.21 bits per heavy atom. The average molecular weight is 469 g/mol. The van der Waals surface area contributed by atoms with Gasteiger partial charge in [-0.2, -0.15) is 0 Å². The number of thiazole rings is 1. The first-order chi connectivity index (χ1) is 15.9. The molecule has 1 saturated carbocycles. The Kier molecular flexibility index (Phi) is 6.25. The van der Waals surface area contributed by atoms with E-state index in [1.807, 2.05) is 13.0 Å². The first-order valence-corrected chi connectivity index (χ1v) is 13.4. The molecule has 1 aliphatic heterocycles. The van der Waals surface area contributed by atoms with Crippen LogP contribution in [0.25, 0.3) is 0 Å². The number of phenolic OH excluding ortho intramolecular Hbond substituents is 1. The molecule has 1 aromatic heterocycles. The highest BCUT2D eigenvalue weighted by Gasteiger charge is 2.55. The molecule has 2 heterocycles. The lowest BCUT2D eigenvalue weighted by Gasteiger charge is -2.49. The number of anilines is 1. The molecule has 33 heavy (non-hydrogen) atoms. The van der Waals surface area contributed by atoms with Crippen LogP contribution in [0.4, 0.5) is 5.13 Å². The van der Waals surface area contributed by atoms with E-state index < -0.39 is 0 Å². The number of carbonyl (C=O) groups excluding carboxylic acids is 1. The number of aryl methyl sites for hydroxylation is 3. The third-order valence-electron chi connectivity index (χ3n) is 8.48. The van der Waals surface area contributed by atoms with Crippen molar-refractivity contribution in [2.24, 2.45) is 17.8 Å². The third kappa shape index (κ3) is 4.32. The topological polar surface area (TPSA) is 71.5 Å².